The monoisotopic (exact) mass is 324 g/mol. The minimum atomic E-state index is -1.04. The maximum atomic E-state index is 13.5. The molecular formula is C15H17FN2O3S. The van der Waals surface area contributed by atoms with E-state index in [1.165, 1.54) is 29.5 Å². The molecule has 0 spiro atoms. The number of carbonyl (C=O) groups is 1. The number of hydrogen-bond donors (Lipinski definition) is 2. The third kappa shape index (κ3) is 3.68. The van der Waals surface area contributed by atoms with Crippen LogP contribution in [0.5, 0.6) is 0 Å². The zero-order chi connectivity index (χ0) is 16.3. The fourth-order valence-corrected chi connectivity index (χ4v) is 3.09. The number of halogens is 1. The highest BCUT2D eigenvalue weighted by Gasteiger charge is 2.26. The molecule has 0 radical (unpaired) electrons. The molecule has 0 amide bonds. The average molecular weight is 324 g/mol. The number of aryl methyl sites for hydroxylation is 1. The van der Waals surface area contributed by atoms with E-state index in [-0.39, 0.29) is 5.56 Å². The van der Waals surface area contributed by atoms with Gasteiger partial charge >= 0.3 is 5.97 Å². The van der Waals surface area contributed by atoms with Crippen molar-refractivity contribution in [3.63, 3.8) is 0 Å². The van der Waals surface area contributed by atoms with Crippen LogP contribution in [0.3, 0.4) is 0 Å². The Bertz CT molecular complexity index is 675. The Kier molecular flexibility index (Phi) is 5.23. The molecule has 1 aromatic heterocycles. The number of nitrogens with zero attached hydrogens (tertiary/aromatic N) is 2. The fraction of sp³-hybridized carbons (Fsp3) is 0.333. The Balaban J connectivity index is 2.27. The van der Waals surface area contributed by atoms with Crippen molar-refractivity contribution in [2.75, 3.05) is 7.05 Å². The van der Waals surface area contributed by atoms with Crippen LogP contribution in [0.2, 0.25) is 0 Å². The zero-order valence-corrected chi connectivity index (χ0v) is 13.1. The molecule has 118 valence electrons. The van der Waals surface area contributed by atoms with Crippen molar-refractivity contribution in [2.24, 2.45) is 0 Å². The lowest BCUT2D eigenvalue weighted by atomic mass is 10.0. The Labute approximate surface area is 131 Å². The molecule has 2 rings (SSSR count). The number of aliphatic hydroxyl groups is 1. The first kappa shape index (κ1) is 16.5. The van der Waals surface area contributed by atoms with E-state index in [0.717, 1.165) is 10.7 Å². The first-order valence-electron chi connectivity index (χ1n) is 6.65. The Morgan fingerprint density at radius 1 is 1.50 bits per heavy atom. The Morgan fingerprint density at radius 2 is 2.23 bits per heavy atom. The Morgan fingerprint density at radius 3 is 2.77 bits per heavy atom. The molecule has 1 unspecified atom stereocenters. The molecule has 2 aromatic rings. The van der Waals surface area contributed by atoms with Gasteiger partial charge in [0, 0.05) is 16.6 Å². The van der Waals surface area contributed by atoms with Crippen molar-refractivity contribution in [3.05, 3.63) is 51.2 Å². The SMILES string of the molecule is Cc1csc(CN(C)C(C(=O)O)c2ccc(F)c(CO)c2)n1. The number of benzene rings is 1. The van der Waals surface area contributed by atoms with E-state index in [1.54, 1.807) is 11.9 Å². The van der Waals surface area contributed by atoms with Gasteiger partial charge in [-0.25, -0.2) is 9.37 Å². The van der Waals surface area contributed by atoms with Crippen LogP contribution in [0.1, 0.15) is 27.9 Å². The minimum absolute atomic E-state index is 0.0854. The molecule has 1 atom stereocenters. The molecule has 0 aliphatic rings. The second-order valence-corrected chi connectivity index (χ2v) is 5.99. The minimum Gasteiger partial charge on any atom is -0.480 e. The Hall–Kier alpha value is -1.83. The summed E-state index contributed by atoms with van der Waals surface area (Å²) in [7, 11) is 1.68. The van der Waals surface area contributed by atoms with Crippen LogP contribution < -0.4 is 0 Å². The predicted molar refractivity (Wildman–Crippen MR) is 81.0 cm³/mol. The molecule has 0 fully saturated rings. The summed E-state index contributed by atoms with van der Waals surface area (Å²) in [5, 5.41) is 21.3. The zero-order valence-electron chi connectivity index (χ0n) is 12.3. The van der Waals surface area contributed by atoms with Gasteiger partial charge in [-0.1, -0.05) is 6.07 Å². The first-order chi connectivity index (χ1) is 10.4. The van der Waals surface area contributed by atoms with E-state index < -0.39 is 24.4 Å². The molecule has 22 heavy (non-hydrogen) atoms. The van der Waals surface area contributed by atoms with Crippen molar-refractivity contribution >= 4 is 17.3 Å². The highest BCUT2D eigenvalue weighted by atomic mass is 32.1. The van der Waals surface area contributed by atoms with Crippen molar-refractivity contribution < 1.29 is 19.4 Å². The van der Waals surface area contributed by atoms with Crippen molar-refractivity contribution in [1.29, 1.82) is 0 Å². The van der Waals surface area contributed by atoms with Crippen molar-refractivity contribution in [3.8, 4) is 0 Å². The van der Waals surface area contributed by atoms with Crippen LogP contribution in [0, 0.1) is 12.7 Å². The normalized spacial score (nSPS) is 12.6. The molecule has 0 aliphatic heterocycles. The van der Waals surface area contributed by atoms with Crippen LogP contribution >= 0.6 is 11.3 Å². The second kappa shape index (κ2) is 6.95. The number of aliphatic carboxylic acids is 1. The summed E-state index contributed by atoms with van der Waals surface area (Å²) in [4.78, 5) is 17.6. The maximum absolute atomic E-state index is 13.5. The van der Waals surface area contributed by atoms with Gasteiger partial charge in [0.05, 0.1) is 13.2 Å². The number of likely N-dealkylation sites (N-methyl/N-ethyl adjacent to an activating group) is 1. The number of aliphatic hydroxyl groups excluding tert-OH is 1. The van der Waals surface area contributed by atoms with Gasteiger partial charge in [0.1, 0.15) is 16.9 Å². The molecule has 0 saturated carbocycles. The van der Waals surface area contributed by atoms with Gasteiger partial charge in [-0.05, 0) is 31.7 Å². The highest BCUT2D eigenvalue weighted by Crippen LogP contribution is 2.24. The molecule has 0 bridgehead atoms. The number of rotatable bonds is 6. The maximum Gasteiger partial charge on any atom is 0.325 e. The van der Waals surface area contributed by atoms with E-state index in [2.05, 4.69) is 4.98 Å². The van der Waals surface area contributed by atoms with Gasteiger partial charge in [0.25, 0.3) is 0 Å². The largest absolute Gasteiger partial charge is 0.480 e. The third-order valence-corrected chi connectivity index (χ3v) is 4.23. The second-order valence-electron chi connectivity index (χ2n) is 5.05. The lowest BCUT2D eigenvalue weighted by molar-refractivity contribution is -0.143. The molecule has 0 aliphatic carbocycles. The fourth-order valence-electron chi connectivity index (χ4n) is 2.25. The topological polar surface area (TPSA) is 73.7 Å². The van der Waals surface area contributed by atoms with Crippen LogP contribution in [0.4, 0.5) is 4.39 Å². The number of hydrogen-bond acceptors (Lipinski definition) is 5. The third-order valence-electron chi connectivity index (χ3n) is 3.28. The van der Waals surface area contributed by atoms with E-state index in [4.69, 9.17) is 5.11 Å². The summed E-state index contributed by atoms with van der Waals surface area (Å²) < 4.78 is 13.5. The predicted octanol–water partition coefficient (Wildman–Crippen LogP) is 2.34. The van der Waals surface area contributed by atoms with Crippen LogP contribution in [0.15, 0.2) is 23.6 Å². The highest BCUT2D eigenvalue weighted by molar-refractivity contribution is 7.09. The first-order valence-corrected chi connectivity index (χ1v) is 7.53. The summed E-state index contributed by atoms with van der Waals surface area (Å²) in [6, 6.07) is 3.06. The van der Waals surface area contributed by atoms with Crippen LogP contribution in [0.25, 0.3) is 0 Å². The lowest BCUT2D eigenvalue weighted by Gasteiger charge is -2.24. The average Bonchev–Trinajstić information content (AvgIpc) is 2.85. The standard InChI is InChI=1S/C15H17FN2O3S/c1-9-8-22-13(17-9)6-18(2)14(15(20)21)10-3-4-12(16)11(5-10)7-19/h3-5,8,14,19H,6-7H2,1-2H3,(H,20,21). The van der Waals surface area contributed by atoms with Gasteiger partial charge in [-0.15, -0.1) is 11.3 Å². The van der Waals surface area contributed by atoms with Gasteiger partial charge in [0.15, 0.2) is 0 Å². The molecule has 1 heterocycles. The smallest absolute Gasteiger partial charge is 0.325 e. The number of thiazole rings is 1. The lowest BCUT2D eigenvalue weighted by Crippen LogP contribution is -2.30. The number of carboxylic acid groups (broad SMARTS) is 1. The van der Waals surface area contributed by atoms with Gasteiger partial charge < -0.3 is 10.2 Å². The van der Waals surface area contributed by atoms with Gasteiger partial charge in [0.2, 0.25) is 0 Å². The van der Waals surface area contributed by atoms with Gasteiger partial charge in [-0.2, -0.15) is 0 Å². The summed E-state index contributed by atoms with van der Waals surface area (Å²) >= 11 is 1.47. The van der Waals surface area contributed by atoms with Crippen LogP contribution in [-0.2, 0) is 17.9 Å². The molecule has 7 heteroatoms. The van der Waals surface area contributed by atoms with Crippen molar-refractivity contribution in [1.82, 2.24) is 9.88 Å². The van der Waals surface area contributed by atoms with Crippen LogP contribution in [-0.4, -0.2) is 33.1 Å². The number of aromatic nitrogens is 1. The summed E-state index contributed by atoms with van der Waals surface area (Å²) in [6.45, 7) is 1.78. The van der Waals surface area contributed by atoms with Crippen molar-refractivity contribution in [2.45, 2.75) is 26.1 Å². The molecule has 1 aromatic carbocycles. The van der Waals surface area contributed by atoms with E-state index in [9.17, 15) is 14.3 Å². The van der Waals surface area contributed by atoms with E-state index >= 15 is 0 Å². The number of carboxylic acids is 1. The molecule has 2 N–H and O–H groups in total. The molecule has 0 saturated heterocycles. The van der Waals surface area contributed by atoms with E-state index in [0.29, 0.717) is 12.1 Å². The summed E-state index contributed by atoms with van der Waals surface area (Å²) in [5.74, 6) is -1.58. The molecular weight excluding hydrogens is 307 g/mol. The molecule has 5 nitrogen and oxygen atoms in total. The van der Waals surface area contributed by atoms with Gasteiger partial charge in [-0.3, -0.25) is 9.69 Å². The van der Waals surface area contributed by atoms with E-state index in [1.807, 2.05) is 12.3 Å². The summed E-state index contributed by atoms with van der Waals surface area (Å²) in [5.41, 5.74) is 1.40. The quantitative estimate of drug-likeness (QED) is 0.853. The summed E-state index contributed by atoms with van der Waals surface area (Å²) in [6.07, 6.45) is 0.